The summed E-state index contributed by atoms with van der Waals surface area (Å²) in [5.41, 5.74) is 0. The summed E-state index contributed by atoms with van der Waals surface area (Å²) in [6.07, 6.45) is 3.24. The number of aliphatic imine (C=N–C) groups is 1. The maximum absolute atomic E-state index is 5.67. The molecular formula is C15H32N4O2. The molecule has 124 valence electrons. The molecule has 0 aliphatic carbocycles. The number of ether oxygens (including phenoxy) is 2. The van der Waals surface area contributed by atoms with Crippen LogP contribution in [0.15, 0.2) is 4.99 Å². The number of hydrogen-bond donors (Lipinski definition) is 2. The Balaban J connectivity index is 1.91. The summed E-state index contributed by atoms with van der Waals surface area (Å²) in [7, 11) is 5.98. The molecule has 1 atom stereocenters. The van der Waals surface area contributed by atoms with Crippen LogP contribution in [0.2, 0.25) is 0 Å². The van der Waals surface area contributed by atoms with Gasteiger partial charge in [-0.25, -0.2) is 0 Å². The van der Waals surface area contributed by atoms with Crippen molar-refractivity contribution in [2.24, 2.45) is 10.9 Å². The minimum Gasteiger partial charge on any atom is -0.381 e. The van der Waals surface area contributed by atoms with Crippen LogP contribution in [0.3, 0.4) is 0 Å². The highest BCUT2D eigenvalue weighted by Gasteiger charge is 2.15. The third-order valence-electron chi connectivity index (χ3n) is 3.43. The average molecular weight is 300 g/mol. The van der Waals surface area contributed by atoms with E-state index in [0.717, 1.165) is 71.3 Å². The van der Waals surface area contributed by atoms with Gasteiger partial charge >= 0.3 is 0 Å². The molecule has 0 aromatic rings. The van der Waals surface area contributed by atoms with Crippen LogP contribution < -0.4 is 10.6 Å². The second-order valence-electron chi connectivity index (χ2n) is 5.74. The van der Waals surface area contributed by atoms with Crippen LogP contribution in [0, 0.1) is 5.92 Å². The van der Waals surface area contributed by atoms with E-state index < -0.39 is 0 Å². The Morgan fingerprint density at radius 3 is 2.67 bits per heavy atom. The zero-order valence-electron chi connectivity index (χ0n) is 13.9. The summed E-state index contributed by atoms with van der Waals surface area (Å²) >= 11 is 0. The lowest BCUT2D eigenvalue weighted by atomic mass is 10.1. The molecule has 0 spiro atoms. The van der Waals surface area contributed by atoms with Crippen molar-refractivity contribution in [1.29, 1.82) is 0 Å². The van der Waals surface area contributed by atoms with Crippen LogP contribution in [-0.4, -0.2) is 78.1 Å². The highest BCUT2D eigenvalue weighted by molar-refractivity contribution is 5.79. The summed E-state index contributed by atoms with van der Waals surface area (Å²) < 4.78 is 11.0. The van der Waals surface area contributed by atoms with Gasteiger partial charge in [-0.2, -0.15) is 0 Å². The topological polar surface area (TPSA) is 58.1 Å². The van der Waals surface area contributed by atoms with Crippen LogP contribution >= 0.6 is 0 Å². The number of nitrogens with one attached hydrogen (secondary N) is 2. The van der Waals surface area contributed by atoms with Crippen LogP contribution in [0.5, 0.6) is 0 Å². The van der Waals surface area contributed by atoms with Gasteiger partial charge in [0.25, 0.3) is 0 Å². The van der Waals surface area contributed by atoms with Gasteiger partial charge in [-0.15, -0.1) is 0 Å². The monoisotopic (exact) mass is 300 g/mol. The van der Waals surface area contributed by atoms with E-state index in [9.17, 15) is 0 Å². The van der Waals surface area contributed by atoms with Crippen molar-refractivity contribution in [1.82, 2.24) is 15.5 Å². The van der Waals surface area contributed by atoms with Crippen molar-refractivity contribution < 1.29 is 9.47 Å². The van der Waals surface area contributed by atoms with Crippen LogP contribution in [0.4, 0.5) is 0 Å². The third kappa shape index (κ3) is 9.66. The standard InChI is InChI=1S/C15H32N4O2/c1-16-15(17-7-4-9-19(2)3)18-8-5-10-20-12-14-6-11-21-13-14/h14H,4-13H2,1-3H3,(H2,16,17,18). The molecule has 0 aromatic heterocycles. The normalized spacial score (nSPS) is 19.2. The van der Waals surface area contributed by atoms with Crippen LogP contribution in [0.25, 0.3) is 0 Å². The van der Waals surface area contributed by atoms with Crippen molar-refractivity contribution >= 4 is 5.96 Å². The zero-order valence-corrected chi connectivity index (χ0v) is 13.9. The minimum absolute atomic E-state index is 0.601. The molecule has 0 bridgehead atoms. The van der Waals surface area contributed by atoms with E-state index in [0.29, 0.717) is 5.92 Å². The van der Waals surface area contributed by atoms with Crippen molar-refractivity contribution in [2.75, 3.05) is 67.2 Å². The molecular weight excluding hydrogens is 268 g/mol. The zero-order chi connectivity index (χ0) is 15.3. The van der Waals surface area contributed by atoms with Gasteiger partial charge in [0.15, 0.2) is 5.96 Å². The lowest BCUT2D eigenvalue weighted by molar-refractivity contribution is 0.0888. The van der Waals surface area contributed by atoms with E-state index in [-0.39, 0.29) is 0 Å². The number of hydrogen-bond acceptors (Lipinski definition) is 4. The Bertz CT molecular complexity index is 279. The Kier molecular flexibility index (Phi) is 10.2. The van der Waals surface area contributed by atoms with Crippen LogP contribution in [0.1, 0.15) is 19.3 Å². The quantitative estimate of drug-likeness (QED) is 0.350. The molecule has 1 aliphatic rings. The SMILES string of the molecule is CN=C(NCCCOCC1CCOC1)NCCCN(C)C. The van der Waals surface area contributed by atoms with Gasteiger partial charge in [0.1, 0.15) is 0 Å². The van der Waals surface area contributed by atoms with E-state index in [1.54, 1.807) is 7.05 Å². The Morgan fingerprint density at radius 2 is 2.05 bits per heavy atom. The molecule has 0 radical (unpaired) electrons. The van der Waals surface area contributed by atoms with E-state index in [1.807, 2.05) is 0 Å². The fourth-order valence-corrected chi connectivity index (χ4v) is 2.17. The maximum atomic E-state index is 5.67. The largest absolute Gasteiger partial charge is 0.381 e. The fourth-order valence-electron chi connectivity index (χ4n) is 2.17. The lowest BCUT2D eigenvalue weighted by Crippen LogP contribution is -2.39. The van der Waals surface area contributed by atoms with Crippen molar-refractivity contribution in [3.8, 4) is 0 Å². The Hall–Kier alpha value is -0.850. The summed E-state index contributed by atoms with van der Waals surface area (Å²) in [6.45, 7) is 6.29. The predicted molar refractivity (Wildman–Crippen MR) is 86.9 cm³/mol. The molecule has 1 unspecified atom stereocenters. The predicted octanol–water partition coefficient (Wildman–Crippen LogP) is 0.546. The van der Waals surface area contributed by atoms with E-state index >= 15 is 0 Å². The second-order valence-corrected chi connectivity index (χ2v) is 5.74. The Morgan fingerprint density at radius 1 is 1.29 bits per heavy atom. The molecule has 1 saturated heterocycles. The van der Waals surface area contributed by atoms with Gasteiger partial charge in [-0.05, 0) is 39.9 Å². The van der Waals surface area contributed by atoms with Gasteiger partial charge in [0.2, 0.25) is 0 Å². The van der Waals surface area contributed by atoms with Gasteiger partial charge in [-0.3, -0.25) is 4.99 Å². The van der Waals surface area contributed by atoms with E-state index in [4.69, 9.17) is 9.47 Å². The molecule has 6 nitrogen and oxygen atoms in total. The summed E-state index contributed by atoms with van der Waals surface area (Å²) in [6, 6.07) is 0. The molecule has 21 heavy (non-hydrogen) atoms. The number of rotatable bonds is 10. The molecule has 0 saturated carbocycles. The molecule has 6 heteroatoms. The van der Waals surface area contributed by atoms with E-state index in [1.165, 1.54) is 0 Å². The molecule has 1 aliphatic heterocycles. The summed E-state index contributed by atoms with van der Waals surface area (Å²) in [5.74, 6) is 1.47. The molecule has 0 aromatic carbocycles. The van der Waals surface area contributed by atoms with Gasteiger partial charge in [0, 0.05) is 39.3 Å². The van der Waals surface area contributed by atoms with Gasteiger partial charge < -0.3 is 25.0 Å². The smallest absolute Gasteiger partial charge is 0.190 e. The van der Waals surface area contributed by atoms with Crippen molar-refractivity contribution in [3.63, 3.8) is 0 Å². The fraction of sp³-hybridized carbons (Fsp3) is 0.933. The summed E-state index contributed by atoms with van der Waals surface area (Å²) in [5, 5.41) is 6.62. The number of nitrogens with zero attached hydrogens (tertiary/aromatic N) is 2. The molecule has 1 fully saturated rings. The minimum atomic E-state index is 0.601. The summed E-state index contributed by atoms with van der Waals surface area (Å²) in [4.78, 5) is 6.39. The first-order valence-corrected chi connectivity index (χ1v) is 7.97. The molecule has 2 N–H and O–H groups in total. The van der Waals surface area contributed by atoms with E-state index in [2.05, 4.69) is 34.6 Å². The first kappa shape index (κ1) is 18.2. The first-order valence-electron chi connectivity index (χ1n) is 7.97. The lowest BCUT2D eigenvalue weighted by Gasteiger charge is -2.14. The number of guanidine groups is 1. The second kappa shape index (κ2) is 11.8. The average Bonchev–Trinajstić information content (AvgIpc) is 2.97. The van der Waals surface area contributed by atoms with Crippen LogP contribution in [-0.2, 0) is 9.47 Å². The Labute approximate surface area is 129 Å². The first-order chi connectivity index (χ1) is 10.2. The highest BCUT2D eigenvalue weighted by atomic mass is 16.5. The third-order valence-corrected chi connectivity index (χ3v) is 3.43. The molecule has 0 amide bonds. The van der Waals surface area contributed by atoms with Crippen molar-refractivity contribution in [3.05, 3.63) is 0 Å². The van der Waals surface area contributed by atoms with Gasteiger partial charge in [-0.1, -0.05) is 0 Å². The van der Waals surface area contributed by atoms with Gasteiger partial charge in [0.05, 0.1) is 13.2 Å². The molecule has 1 rings (SSSR count). The maximum Gasteiger partial charge on any atom is 0.190 e. The highest BCUT2D eigenvalue weighted by Crippen LogP contribution is 2.12. The molecule has 1 heterocycles. The van der Waals surface area contributed by atoms with Crippen molar-refractivity contribution in [2.45, 2.75) is 19.3 Å².